The first-order chi connectivity index (χ1) is 10.7. The largest absolute Gasteiger partial charge is 0.497 e. The molecule has 0 aliphatic heterocycles. The third-order valence-electron chi connectivity index (χ3n) is 2.79. The molecule has 2 N–H and O–H groups in total. The van der Waals surface area contributed by atoms with Gasteiger partial charge in [-0.25, -0.2) is 5.43 Å². The SMILES string of the molecule is COc1cccc(/C=N/NC(=O)CNc2ccc(I)cc2)c1. The van der Waals surface area contributed by atoms with Gasteiger partial charge in [0.25, 0.3) is 5.91 Å². The summed E-state index contributed by atoms with van der Waals surface area (Å²) in [4.78, 5) is 11.7. The molecule has 0 atom stereocenters. The molecule has 0 saturated heterocycles. The highest BCUT2D eigenvalue weighted by molar-refractivity contribution is 14.1. The number of halogens is 1. The zero-order valence-corrected chi connectivity index (χ0v) is 14.2. The first kappa shape index (κ1) is 16.3. The van der Waals surface area contributed by atoms with Gasteiger partial charge in [-0.3, -0.25) is 4.79 Å². The summed E-state index contributed by atoms with van der Waals surface area (Å²) >= 11 is 2.23. The van der Waals surface area contributed by atoms with Crippen molar-refractivity contribution in [2.75, 3.05) is 19.0 Å². The van der Waals surface area contributed by atoms with Crippen LogP contribution in [-0.2, 0) is 4.79 Å². The minimum atomic E-state index is -0.210. The van der Waals surface area contributed by atoms with Gasteiger partial charge in [0.05, 0.1) is 19.9 Å². The highest BCUT2D eigenvalue weighted by Gasteiger charge is 1.99. The molecule has 0 aromatic heterocycles. The normalized spacial score (nSPS) is 10.5. The van der Waals surface area contributed by atoms with Crippen molar-refractivity contribution in [3.05, 3.63) is 57.7 Å². The van der Waals surface area contributed by atoms with E-state index in [0.717, 1.165) is 20.6 Å². The Bertz CT molecular complexity index is 657. The van der Waals surface area contributed by atoms with E-state index in [9.17, 15) is 4.79 Å². The van der Waals surface area contributed by atoms with E-state index in [1.165, 1.54) is 0 Å². The Kier molecular flexibility index (Phi) is 6.20. The third-order valence-corrected chi connectivity index (χ3v) is 3.51. The molecule has 22 heavy (non-hydrogen) atoms. The van der Waals surface area contributed by atoms with Crippen LogP contribution in [0, 0.1) is 3.57 Å². The molecule has 0 heterocycles. The Morgan fingerprint density at radius 2 is 2.05 bits per heavy atom. The molecule has 0 aliphatic carbocycles. The smallest absolute Gasteiger partial charge is 0.259 e. The molecule has 5 nitrogen and oxygen atoms in total. The Morgan fingerprint density at radius 1 is 1.27 bits per heavy atom. The standard InChI is InChI=1S/C16H16IN3O2/c1-22-15-4-2-3-12(9-15)10-19-20-16(21)11-18-14-7-5-13(17)6-8-14/h2-10,18H,11H2,1H3,(H,20,21)/b19-10+. The molecule has 2 aromatic carbocycles. The number of carbonyl (C=O) groups is 1. The van der Waals surface area contributed by atoms with Crippen molar-refractivity contribution in [1.82, 2.24) is 5.43 Å². The fourth-order valence-electron chi connectivity index (χ4n) is 1.69. The van der Waals surface area contributed by atoms with Crippen molar-refractivity contribution in [3.63, 3.8) is 0 Å². The predicted octanol–water partition coefficient (Wildman–Crippen LogP) is 2.86. The van der Waals surface area contributed by atoms with E-state index >= 15 is 0 Å². The summed E-state index contributed by atoms with van der Waals surface area (Å²) in [7, 11) is 1.61. The number of benzene rings is 2. The summed E-state index contributed by atoms with van der Waals surface area (Å²) in [6.07, 6.45) is 1.57. The molecule has 0 spiro atoms. The Labute approximate surface area is 142 Å². The molecule has 1 amide bonds. The number of hydrogen-bond donors (Lipinski definition) is 2. The molecule has 0 bridgehead atoms. The van der Waals surface area contributed by atoms with Crippen LogP contribution >= 0.6 is 22.6 Å². The molecule has 114 valence electrons. The van der Waals surface area contributed by atoms with Crippen LogP contribution in [0.2, 0.25) is 0 Å². The average molecular weight is 409 g/mol. The average Bonchev–Trinajstić information content (AvgIpc) is 2.54. The topological polar surface area (TPSA) is 62.7 Å². The van der Waals surface area contributed by atoms with Gasteiger partial charge in [-0.05, 0) is 64.6 Å². The van der Waals surface area contributed by atoms with Gasteiger partial charge in [0.2, 0.25) is 0 Å². The van der Waals surface area contributed by atoms with Crippen LogP contribution in [0.5, 0.6) is 5.75 Å². The van der Waals surface area contributed by atoms with E-state index in [4.69, 9.17) is 4.74 Å². The quantitative estimate of drug-likeness (QED) is 0.438. The van der Waals surface area contributed by atoms with Crippen molar-refractivity contribution in [3.8, 4) is 5.75 Å². The maximum Gasteiger partial charge on any atom is 0.259 e. The van der Waals surface area contributed by atoms with Gasteiger partial charge in [0, 0.05) is 9.26 Å². The first-order valence-electron chi connectivity index (χ1n) is 6.63. The third kappa shape index (κ3) is 5.36. The second kappa shape index (κ2) is 8.38. The van der Waals surface area contributed by atoms with Crippen LogP contribution in [0.3, 0.4) is 0 Å². The summed E-state index contributed by atoms with van der Waals surface area (Å²) < 4.78 is 6.27. The molecule has 0 fully saturated rings. The van der Waals surface area contributed by atoms with Crippen LogP contribution in [-0.4, -0.2) is 25.8 Å². The second-order valence-electron chi connectivity index (χ2n) is 4.43. The van der Waals surface area contributed by atoms with Crippen LogP contribution in [0.25, 0.3) is 0 Å². The van der Waals surface area contributed by atoms with Gasteiger partial charge in [-0.15, -0.1) is 0 Å². The van der Waals surface area contributed by atoms with E-state index in [-0.39, 0.29) is 12.5 Å². The predicted molar refractivity (Wildman–Crippen MR) is 96.4 cm³/mol. The van der Waals surface area contributed by atoms with Crippen molar-refractivity contribution >= 4 is 40.4 Å². The lowest BCUT2D eigenvalue weighted by molar-refractivity contribution is -0.119. The number of nitrogens with zero attached hydrogens (tertiary/aromatic N) is 1. The minimum Gasteiger partial charge on any atom is -0.497 e. The number of rotatable bonds is 6. The number of ether oxygens (including phenoxy) is 1. The van der Waals surface area contributed by atoms with Gasteiger partial charge in [0.15, 0.2) is 0 Å². The number of anilines is 1. The highest BCUT2D eigenvalue weighted by Crippen LogP contribution is 2.11. The molecule has 6 heteroatoms. The lowest BCUT2D eigenvalue weighted by atomic mass is 10.2. The summed E-state index contributed by atoms with van der Waals surface area (Å²) in [5.74, 6) is 0.536. The molecule has 0 unspecified atom stereocenters. The van der Waals surface area contributed by atoms with E-state index in [0.29, 0.717) is 0 Å². The summed E-state index contributed by atoms with van der Waals surface area (Å²) in [5.41, 5.74) is 4.22. The first-order valence-corrected chi connectivity index (χ1v) is 7.70. The van der Waals surface area contributed by atoms with E-state index < -0.39 is 0 Å². The Hall–Kier alpha value is -2.09. The van der Waals surface area contributed by atoms with Crippen LogP contribution in [0.4, 0.5) is 5.69 Å². The van der Waals surface area contributed by atoms with E-state index in [2.05, 4.69) is 38.4 Å². The van der Waals surface area contributed by atoms with E-state index in [1.807, 2.05) is 48.5 Å². The zero-order chi connectivity index (χ0) is 15.8. The van der Waals surface area contributed by atoms with Crippen molar-refractivity contribution < 1.29 is 9.53 Å². The minimum absolute atomic E-state index is 0.163. The second-order valence-corrected chi connectivity index (χ2v) is 5.68. The molecule has 0 saturated carbocycles. The van der Waals surface area contributed by atoms with Gasteiger partial charge in [-0.2, -0.15) is 5.10 Å². The van der Waals surface area contributed by atoms with Gasteiger partial charge >= 0.3 is 0 Å². The molecular formula is C16H16IN3O2. The summed E-state index contributed by atoms with van der Waals surface area (Å²) in [6, 6.07) is 15.2. The summed E-state index contributed by atoms with van der Waals surface area (Å²) in [6.45, 7) is 0.163. The number of nitrogens with one attached hydrogen (secondary N) is 2. The van der Waals surface area contributed by atoms with E-state index in [1.54, 1.807) is 13.3 Å². The van der Waals surface area contributed by atoms with Crippen molar-refractivity contribution in [1.29, 1.82) is 0 Å². The van der Waals surface area contributed by atoms with Crippen LogP contribution < -0.4 is 15.5 Å². The zero-order valence-electron chi connectivity index (χ0n) is 12.0. The number of carbonyl (C=O) groups excluding carboxylic acids is 1. The summed E-state index contributed by atoms with van der Waals surface area (Å²) in [5, 5.41) is 6.95. The van der Waals surface area contributed by atoms with Crippen molar-refractivity contribution in [2.24, 2.45) is 5.10 Å². The van der Waals surface area contributed by atoms with Crippen molar-refractivity contribution in [2.45, 2.75) is 0 Å². The number of hydrazone groups is 1. The maximum atomic E-state index is 11.7. The number of hydrogen-bond acceptors (Lipinski definition) is 4. The lowest BCUT2D eigenvalue weighted by Crippen LogP contribution is -2.25. The molecule has 0 aliphatic rings. The van der Waals surface area contributed by atoms with Crippen LogP contribution in [0.1, 0.15) is 5.56 Å². The maximum absolute atomic E-state index is 11.7. The number of methoxy groups -OCH3 is 1. The molecule has 2 aromatic rings. The van der Waals surface area contributed by atoms with Gasteiger partial charge in [0.1, 0.15) is 5.75 Å². The number of amides is 1. The monoisotopic (exact) mass is 409 g/mol. The Balaban J connectivity index is 1.79. The van der Waals surface area contributed by atoms with Crippen LogP contribution in [0.15, 0.2) is 53.6 Å². The molecule has 0 radical (unpaired) electrons. The fourth-order valence-corrected chi connectivity index (χ4v) is 2.05. The fraction of sp³-hybridized carbons (Fsp3) is 0.125. The van der Waals surface area contributed by atoms with Gasteiger partial charge < -0.3 is 10.1 Å². The molecule has 2 rings (SSSR count). The Morgan fingerprint density at radius 3 is 2.77 bits per heavy atom. The lowest BCUT2D eigenvalue weighted by Gasteiger charge is -2.05. The van der Waals surface area contributed by atoms with Gasteiger partial charge in [-0.1, -0.05) is 12.1 Å². The highest BCUT2D eigenvalue weighted by atomic mass is 127. The molecular weight excluding hydrogens is 393 g/mol.